The second kappa shape index (κ2) is 7.03. The fourth-order valence-corrected chi connectivity index (χ4v) is 2.94. The number of aliphatic hydroxyl groups excluding tert-OH is 1. The molecule has 1 saturated heterocycles. The van der Waals surface area contributed by atoms with E-state index in [-0.39, 0.29) is 6.10 Å². The third-order valence-electron chi connectivity index (χ3n) is 4.14. The Morgan fingerprint density at radius 3 is 2.36 bits per heavy atom. The third kappa shape index (κ3) is 3.36. The zero-order valence-corrected chi connectivity index (χ0v) is 12.4. The van der Waals surface area contributed by atoms with Gasteiger partial charge in [0.05, 0.1) is 24.9 Å². The van der Waals surface area contributed by atoms with Crippen LogP contribution in [0.1, 0.15) is 23.7 Å². The fourth-order valence-electron chi connectivity index (χ4n) is 2.94. The van der Waals surface area contributed by atoms with Crippen LogP contribution in [0.3, 0.4) is 0 Å². The summed E-state index contributed by atoms with van der Waals surface area (Å²) in [5.41, 5.74) is 1.88. The van der Waals surface area contributed by atoms with Gasteiger partial charge in [-0.05, 0) is 17.5 Å². The maximum Gasteiger partial charge on any atom is 0.0993 e. The predicted octanol–water partition coefficient (Wildman–Crippen LogP) is 2.77. The van der Waals surface area contributed by atoms with Gasteiger partial charge in [-0.3, -0.25) is 0 Å². The number of benzene rings is 2. The predicted molar refractivity (Wildman–Crippen MR) is 83.3 cm³/mol. The Kier molecular flexibility index (Phi) is 4.85. The highest BCUT2D eigenvalue weighted by Crippen LogP contribution is 2.30. The summed E-state index contributed by atoms with van der Waals surface area (Å²) in [5.74, 6) is 0. The largest absolute Gasteiger partial charge is 0.387 e. The lowest BCUT2D eigenvalue weighted by Crippen LogP contribution is -2.39. The lowest BCUT2D eigenvalue weighted by atomic mass is 9.99. The number of hydrogen-bond donors (Lipinski definition) is 2. The highest BCUT2D eigenvalue weighted by Gasteiger charge is 2.39. The molecule has 0 bridgehead atoms. The van der Waals surface area contributed by atoms with Gasteiger partial charge in [-0.15, -0.1) is 0 Å². The van der Waals surface area contributed by atoms with E-state index in [1.165, 1.54) is 5.06 Å². The van der Waals surface area contributed by atoms with Gasteiger partial charge in [0.15, 0.2) is 0 Å². The molecule has 1 aliphatic heterocycles. The van der Waals surface area contributed by atoms with Crippen LogP contribution >= 0.6 is 0 Å². The van der Waals surface area contributed by atoms with Gasteiger partial charge in [-0.1, -0.05) is 60.7 Å². The van der Waals surface area contributed by atoms with Crippen LogP contribution in [0.2, 0.25) is 0 Å². The fraction of sp³-hybridized carbons (Fsp3) is 0.333. The summed E-state index contributed by atoms with van der Waals surface area (Å²) >= 11 is 0. The van der Waals surface area contributed by atoms with Crippen LogP contribution in [-0.2, 0) is 11.3 Å². The summed E-state index contributed by atoms with van der Waals surface area (Å²) in [6.07, 6.45) is -0.257. The Balaban J connectivity index is 1.68. The van der Waals surface area contributed by atoms with E-state index in [4.69, 9.17) is 4.74 Å². The molecule has 1 heterocycles. The summed E-state index contributed by atoms with van der Waals surface area (Å²) in [6, 6.07) is 18.9. The van der Waals surface area contributed by atoms with Crippen LogP contribution in [-0.4, -0.2) is 34.1 Å². The molecule has 2 N–H and O–H groups in total. The van der Waals surface area contributed by atoms with E-state index >= 15 is 0 Å². The van der Waals surface area contributed by atoms with Gasteiger partial charge in [0.25, 0.3) is 0 Å². The van der Waals surface area contributed by atoms with Crippen molar-refractivity contribution in [2.75, 3.05) is 6.54 Å². The van der Waals surface area contributed by atoms with Crippen molar-refractivity contribution >= 4 is 0 Å². The Labute approximate surface area is 130 Å². The van der Waals surface area contributed by atoms with E-state index in [2.05, 4.69) is 0 Å². The molecule has 1 fully saturated rings. The van der Waals surface area contributed by atoms with E-state index in [9.17, 15) is 10.3 Å². The van der Waals surface area contributed by atoms with Crippen molar-refractivity contribution in [3.8, 4) is 0 Å². The monoisotopic (exact) mass is 299 g/mol. The van der Waals surface area contributed by atoms with Crippen molar-refractivity contribution in [1.29, 1.82) is 0 Å². The summed E-state index contributed by atoms with van der Waals surface area (Å²) in [7, 11) is 0. The number of aliphatic hydroxyl groups is 1. The molecule has 0 aliphatic carbocycles. The van der Waals surface area contributed by atoms with Crippen molar-refractivity contribution < 1.29 is 15.1 Å². The average molecular weight is 299 g/mol. The molecule has 4 nitrogen and oxygen atoms in total. The molecular weight excluding hydrogens is 278 g/mol. The van der Waals surface area contributed by atoms with Gasteiger partial charge in [0.2, 0.25) is 0 Å². The molecule has 3 rings (SSSR count). The van der Waals surface area contributed by atoms with Gasteiger partial charge in [-0.25, -0.2) is 0 Å². The molecular formula is C18H21NO3. The molecule has 4 heteroatoms. The molecule has 0 aromatic heterocycles. The van der Waals surface area contributed by atoms with E-state index in [0.29, 0.717) is 19.6 Å². The van der Waals surface area contributed by atoms with Gasteiger partial charge in [0, 0.05) is 6.54 Å². The summed E-state index contributed by atoms with van der Waals surface area (Å²) < 4.78 is 5.95. The summed E-state index contributed by atoms with van der Waals surface area (Å²) in [6.45, 7) is 0.991. The van der Waals surface area contributed by atoms with E-state index < -0.39 is 12.1 Å². The minimum Gasteiger partial charge on any atom is -0.387 e. The molecule has 1 unspecified atom stereocenters. The lowest BCUT2D eigenvalue weighted by molar-refractivity contribution is -0.156. The Morgan fingerprint density at radius 1 is 1.05 bits per heavy atom. The van der Waals surface area contributed by atoms with Crippen molar-refractivity contribution in [3.05, 3.63) is 71.8 Å². The first kappa shape index (κ1) is 15.2. The van der Waals surface area contributed by atoms with Crippen LogP contribution in [0.5, 0.6) is 0 Å². The van der Waals surface area contributed by atoms with Crippen molar-refractivity contribution in [2.45, 2.75) is 31.3 Å². The number of rotatable bonds is 5. The summed E-state index contributed by atoms with van der Waals surface area (Å²) in [5, 5.41) is 21.9. The van der Waals surface area contributed by atoms with Crippen LogP contribution in [0.4, 0.5) is 0 Å². The normalized spacial score (nSPS) is 23.5. The number of ether oxygens (including phenoxy) is 1. The zero-order chi connectivity index (χ0) is 15.4. The smallest absolute Gasteiger partial charge is 0.0993 e. The number of hydroxylamine groups is 2. The van der Waals surface area contributed by atoms with Gasteiger partial charge >= 0.3 is 0 Å². The van der Waals surface area contributed by atoms with Crippen molar-refractivity contribution in [3.63, 3.8) is 0 Å². The minimum absolute atomic E-state index is 0.194. The highest BCUT2D eigenvalue weighted by atomic mass is 16.5. The van der Waals surface area contributed by atoms with Crippen LogP contribution in [0, 0.1) is 0 Å². The van der Waals surface area contributed by atoms with E-state index in [0.717, 1.165) is 11.1 Å². The Hall–Kier alpha value is -1.72. The molecule has 0 amide bonds. The van der Waals surface area contributed by atoms with E-state index in [1.54, 1.807) is 0 Å². The van der Waals surface area contributed by atoms with Gasteiger partial charge in [-0.2, -0.15) is 5.06 Å². The second-order valence-electron chi connectivity index (χ2n) is 5.63. The van der Waals surface area contributed by atoms with Crippen LogP contribution in [0.15, 0.2) is 60.7 Å². The average Bonchev–Trinajstić information content (AvgIpc) is 2.95. The Bertz CT molecular complexity index is 575. The zero-order valence-electron chi connectivity index (χ0n) is 12.4. The van der Waals surface area contributed by atoms with Crippen molar-refractivity contribution in [1.82, 2.24) is 5.06 Å². The molecule has 0 spiro atoms. The SMILES string of the molecule is OC(c1ccccc1)[C@@H]1[C@@H](OCc2ccccc2)CCN1O. The first-order valence-corrected chi connectivity index (χ1v) is 7.60. The molecule has 2 aromatic carbocycles. The van der Waals surface area contributed by atoms with Crippen LogP contribution in [0.25, 0.3) is 0 Å². The molecule has 116 valence electrons. The highest BCUT2D eigenvalue weighted by molar-refractivity contribution is 5.20. The standard InChI is InChI=1S/C18H21NO3/c20-18(15-9-5-2-6-10-15)17-16(11-12-19(17)21)22-13-14-7-3-1-4-8-14/h1-10,16-18,20-21H,11-13H2/t16-,17-,18?/m0/s1. The number of hydrogen-bond acceptors (Lipinski definition) is 4. The van der Waals surface area contributed by atoms with Gasteiger partial charge in [0.1, 0.15) is 0 Å². The maximum absolute atomic E-state index is 10.6. The molecule has 22 heavy (non-hydrogen) atoms. The molecule has 0 radical (unpaired) electrons. The first-order valence-electron chi connectivity index (χ1n) is 7.60. The van der Waals surface area contributed by atoms with E-state index in [1.807, 2.05) is 60.7 Å². The minimum atomic E-state index is -0.769. The van der Waals surface area contributed by atoms with Crippen molar-refractivity contribution in [2.24, 2.45) is 0 Å². The topological polar surface area (TPSA) is 52.9 Å². The van der Waals surface area contributed by atoms with Gasteiger partial charge < -0.3 is 15.1 Å². The quantitative estimate of drug-likeness (QED) is 0.891. The molecule has 3 atom stereocenters. The molecule has 1 aliphatic rings. The third-order valence-corrected chi connectivity index (χ3v) is 4.14. The maximum atomic E-state index is 10.6. The number of nitrogens with zero attached hydrogens (tertiary/aromatic N) is 1. The van der Waals surface area contributed by atoms with Crippen LogP contribution < -0.4 is 0 Å². The second-order valence-corrected chi connectivity index (χ2v) is 5.63. The Morgan fingerprint density at radius 2 is 1.68 bits per heavy atom. The summed E-state index contributed by atoms with van der Waals surface area (Å²) in [4.78, 5) is 0. The molecule has 0 saturated carbocycles. The first-order chi connectivity index (χ1) is 10.8. The lowest BCUT2D eigenvalue weighted by Gasteiger charge is -2.28. The molecule has 2 aromatic rings.